The summed E-state index contributed by atoms with van der Waals surface area (Å²) in [6.45, 7) is 7.27. The van der Waals surface area contributed by atoms with Crippen LogP contribution in [0.2, 0.25) is 0 Å². The molecule has 3 heterocycles. The van der Waals surface area contributed by atoms with Crippen molar-refractivity contribution in [1.29, 1.82) is 0 Å². The molecule has 0 radical (unpaired) electrons. The van der Waals surface area contributed by atoms with Crippen LogP contribution in [0.4, 0.5) is 5.69 Å². The molecule has 2 amide bonds. The van der Waals surface area contributed by atoms with Gasteiger partial charge in [-0.25, -0.2) is 0 Å². The second-order valence-electron chi connectivity index (χ2n) is 8.36. The van der Waals surface area contributed by atoms with Crippen LogP contribution in [0, 0.1) is 5.41 Å². The fourth-order valence-corrected chi connectivity index (χ4v) is 4.81. The predicted octanol–water partition coefficient (Wildman–Crippen LogP) is 2.91. The summed E-state index contributed by atoms with van der Waals surface area (Å²) in [6.07, 6.45) is 4.88. The van der Waals surface area contributed by atoms with Crippen molar-refractivity contribution in [1.82, 2.24) is 9.80 Å². The maximum atomic E-state index is 13.1. The number of piperidine rings is 1. The molecule has 1 atom stereocenters. The Morgan fingerprint density at radius 1 is 1.19 bits per heavy atom. The Hall–Kier alpha value is -2.04. The van der Waals surface area contributed by atoms with E-state index in [1.54, 1.807) is 0 Å². The van der Waals surface area contributed by atoms with E-state index in [4.69, 9.17) is 0 Å². The molecule has 5 nitrogen and oxygen atoms in total. The molecule has 3 aliphatic rings. The fourth-order valence-electron chi connectivity index (χ4n) is 4.81. The first-order chi connectivity index (χ1) is 12.5. The van der Waals surface area contributed by atoms with E-state index in [0.29, 0.717) is 13.1 Å². The zero-order valence-corrected chi connectivity index (χ0v) is 15.9. The quantitative estimate of drug-likeness (QED) is 0.887. The normalized spacial score (nSPS) is 25.6. The van der Waals surface area contributed by atoms with Crippen molar-refractivity contribution in [3.63, 3.8) is 0 Å². The second kappa shape index (κ2) is 6.60. The maximum absolute atomic E-state index is 13.1. The number of amides is 2. The average molecular weight is 355 g/mol. The van der Waals surface area contributed by atoms with E-state index >= 15 is 0 Å². The zero-order chi connectivity index (χ0) is 18.3. The summed E-state index contributed by atoms with van der Waals surface area (Å²) in [7, 11) is 0. The van der Waals surface area contributed by atoms with Crippen LogP contribution in [0.15, 0.2) is 18.2 Å². The highest BCUT2D eigenvalue weighted by Gasteiger charge is 2.49. The highest BCUT2D eigenvalue weighted by Crippen LogP contribution is 2.41. The lowest BCUT2D eigenvalue weighted by atomic mass is 9.78. The van der Waals surface area contributed by atoms with Crippen molar-refractivity contribution < 1.29 is 9.59 Å². The Balaban J connectivity index is 1.51. The van der Waals surface area contributed by atoms with Crippen LogP contribution in [-0.2, 0) is 11.2 Å². The van der Waals surface area contributed by atoms with Crippen LogP contribution in [0.3, 0.4) is 0 Å². The lowest BCUT2D eigenvalue weighted by Crippen LogP contribution is -2.52. The standard InChI is InChI=1S/C21H29N3O2/c1-15(2)24-11-4-8-21(20(24)26)9-12-23(14-21)19(25)17-6-7-18-16(13-17)5-3-10-22-18/h6-7,13,15,22H,3-5,8-12,14H2,1-2H3. The number of rotatable bonds is 2. The molecule has 1 aromatic rings. The van der Waals surface area contributed by atoms with Gasteiger partial charge in [-0.2, -0.15) is 0 Å². The number of likely N-dealkylation sites (tertiary alicyclic amines) is 2. The Bertz CT molecular complexity index is 730. The molecule has 0 aromatic heterocycles. The van der Waals surface area contributed by atoms with E-state index in [1.807, 2.05) is 28.0 Å². The van der Waals surface area contributed by atoms with Gasteiger partial charge in [0.2, 0.25) is 5.91 Å². The highest BCUT2D eigenvalue weighted by molar-refractivity contribution is 5.96. The van der Waals surface area contributed by atoms with Gasteiger partial charge in [0.05, 0.1) is 5.41 Å². The Morgan fingerprint density at radius 3 is 2.85 bits per heavy atom. The second-order valence-corrected chi connectivity index (χ2v) is 8.36. The van der Waals surface area contributed by atoms with Crippen LogP contribution in [0.1, 0.15) is 55.5 Å². The van der Waals surface area contributed by atoms with E-state index in [2.05, 4.69) is 19.2 Å². The van der Waals surface area contributed by atoms with E-state index < -0.39 is 0 Å². The summed E-state index contributed by atoms with van der Waals surface area (Å²) in [6, 6.07) is 6.23. The minimum absolute atomic E-state index is 0.0738. The number of nitrogens with one attached hydrogen (secondary N) is 1. The Kier molecular flexibility index (Phi) is 4.41. The third-order valence-corrected chi connectivity index (χ3v) is 6.32. The van der Waals surface area contributed by atoms with Crippen LogP contribution in [0.5, 0.6) is 0 Å². The molecular weight excluding hydrogens is 326 g/mol. The molecule has 0 aliphatic carbocycles. The zero-order valence-electron chi connectivity index (χ0n) is 15.9. The number of fused-ring (bicyclic) bond motifs is 1. The van der Waals surface area contributed by atoms with Gasteiger partial charge in [0.1, 0.15) is 0 Å². The molecular formula is C21H29N3O2. The summed E-state index contributed by atoms with van der Waals surface area (Å²) in [5.74, 6) is 0.327. The molecule has 1 N–H and O–H groups in total. The maximum Gasteiger partial charge on any atom is 0.253 e. The minimum atomic E-state index is -0.353. The van der Waals surface area contributed by atoms with Crippen molar-refractivity contribution >= 4 is 17.5 Å². The van der Waals surface area contributed by atoms with Crippen LogP contribution >= 0.6 is 0 Å². The largest absolute Gasteiger partial charge is 0.385 e. The highest BCUT2D eigenvalue weighted by atomic mass is 16.2. The van der Waals surface area contributed by atoms with Crippen LogP contribution in [-0.4, -0.2) is 53.8 Å². The van der Waals surface area contributed by atoms with Gasteiger partial charge < -0.3 is 15.1 Å². The molecule has 2 fully saturated rings. The van der Waals surface area contributed by atoms with Crippen molar-refractivity contribution in [3.8, 4) is 0 Å². The lowest BCUT2D eigenvalue weighted by molar-refractivity contribution is -0.147. The molecule has 1 spiro atoms. The van der Waals surface area contributed by atoms with Crippen molar-refractivity contribution in [2.75, 3.05) is 31.5 Å². The molecule has 140 valence electrons. The number of anilines is 1. The monoisotopic (exact) mass is 355 g/mol. The van der Waals surface area contributed by atoms with Gasteiger partial charge in [-0.05, 0) is 69.7 Å². The first kappa shape index (κ1) is 17.4. The van der Waals surface area contributed by atoms with Crippen molar-refractivity contribution in [3.05, 3.63) is 29.3 Å². The molecule has 1 aromatic carbocycles. The molecule has 26 heavy (non-hydrogen) atoms. The van der Waals surface area contributed by atoms with Gasteiger partial charge >= 0.3 is 0 Å². The smallest absolute Gasteiger partial charge is 0.253 e. The van der Waals surface area contributed by atoms with E-state index in [9.17, 15) is 9.59 Å². The summed E-state index contributed by atoms with van der Waals surface area (Å²) in [5.41, 5.74) is 2.79. The number of carbonyl (C=O) groups is 2. The predicted molar refractivity (Wildman–Crippen MR) is 102 cm³/mol. The van der Waals surface area contributed by atoms with Crippen molar-refractivity contribution in [2.24, 2.45) is 5.41 Å². The Labute approximate surface area is 155 Å². The summed E-state index contributed by atoms with van der Waals surface area (Å²) < 4.78 is 0. The number of hydrogen-bond donors (Lipinski definition) is 1. The molecule has 4 rings (SSSR count). The van der Waals surface area contributed by atoms with Crippen LogP contribution < -0.4 is 5.32 Å². The SMILES string of the molecule is CC(C)N1CCCC2(CCN(C(=O)c3ccc4c(c3)CCCN4)C2)C1=O. The number of nitrogens with zero attached hydrogens (tertiary/aromatic N) is 2. The number of carbonyl (C=O) groups excluding carboxylic acids is 2. The van der Waals surface area contributed by atoms with Gasteiger partial charge in [0.15, 0.2) is 0 Å². The topological polar surface area (TPSA) is 52.6 Å². The van der Waals surface area contributed by atoms with Gasteiger partial charge in [0.25, 0.3) is 5.91 Å². The summed E-state index contributed by atoms with van der Waals surface area (Å²) >= 11 is 0. The number of benzene rings is 1. The molecule has 2 saturated heterocycles. The van der Waals surface area contributed by atoms with Gasteiger partial charge in [0, 0.05) is 43.5 Å². The van der Waals surface area contributed by atoms with Crippen molar-refractivity contribution in [2.45, 2.75) is 52.0 Å². The molecule has 1 unspecified atom stereocenters. The van der Waals surface area contributed by atoms with Gasteiger partial charge in [-0.3, -0.25) is 9.59 Å². The third-order valence-electron chi connectivity index (χ3n) is 6.32. The first-order valence-corrected chi connectivity index (χ1v) is 9.97. The molecule has 0 saturated carbocycles. The summed E-state index contributed by atoms with van der Waals surface area (Å²) in [4.78, 5) is 30.0. The van der Waals surface area contributed by atoms with Crippen LogP contribution in [0.25, 0.3) is 0 Å². The van der Waals surface area contributed by atoms with E-state index in [0.717, 1.165) is 56.4 Å². The number of hydrogen-bond acceptors (Lipinski definition) is 3. The first-order valence-electron chi connectivity index (χ1n) is 9.97. The third kappa shape index (κ3) is 2.87. The number of aryl methyl sites for hydroxylation is 1. The molecule has 3 aliphatic heterocycles. The molecule has 5 heteroatoms. The van der Waals surface area contributed by atoms with Gasteiger partial charge in [-0.15, -0.1) is 0 Å². The Morgan fingerprint density at radius 2 is 2.04 bits per heavy atom. The average Bonchev–Trinajstić information content (AvgIpc) is 3.08. The lowest BCUT2D eigenvalue weighted by Gasteiger charge is -2.41. The minimum Gasteiger partial charge on any atom is -0.385 e. The van der Waals surface area contributed by atoms with E-state index in [-0.39, 0.29) is 23.3 Å². The molecule has 0 bridgehead atoms. The van der Waals surface area contributed by atoms with E-state index in [1.165, 1.54) is 5.56 Å². The van der Waals surface area contributed by atoms with Gasteiger partial charge in [-0.1, -0.05) is 0 Å². The summed E-state index contributed by atoms with van der Waals surface area (Å²) in [5, 5.41) is 3.39. The fraction of sp³-hybridized carbons (Fsp3) is 0.619.